The van der Waals surface area contributed by atoms with Gasteiger partial charge in [0.1, 0.15) is 5.60 Å². The minimum atomic E-state index is -0.393. The van der Waals surface area contributed by atoms with Crippen LogP contribution in [0.3, 0.4) is 0 Å². The Morgan fingerprint density at radius 1 is 1.14 bits per heavy atom. The first-order valence-corrected chi connectivity index (χ1v) is 8.67. The highest BCUT2D eigenvalue weighted by molar-refractivity contribution is 5.69. The average molecular weight is 294 g/mol. The van der Waals surface area contributed by atoms with Gasteiger partial charge >= 0.3 is 6.09 Å². The molecule has 0 aromatic heterocycles. The van der Waals surface area contributed by atoms with Gasteiger partial charge in [-0.3, -0.25) is 0 Å². The molecule has 0 spiro atoms. The Morgan fingerprint density at radius 3 is 2.29 bits per heavy atom. The Hall–Kier alpha value is -0.770. The van der Waals surface area contributed by atoms with Crippen molar-refractivity contribution in [2.45, 2.75) is 89.4 Å². The summed E-state index contributed by atoms with van der Waals surface area (Å²) in [7, 11) is 0. The van der Waals surface area contributed by atoms with Gasteiger partial charge in [-0.25, -0.2) is 4.79 Å². The van der Waals surface area contributed by atoms with E-state index in [1.807, 2.05) is 25.7 Å². The van der Waals surface area contributed by atoms with Crippen LogP contribution in [0.4, 0.5) is 4.79 Å². The van der Waals surface area contributed by atoms with Crippen LogP contribution in [0.2, 0.25) is 0 Å². The summed E-state index contributed by atoms with van der Waals surface area (Å²) in [6.07, 6.45) is 8.58. The standard InChI is InChI=1S/C17H30N2O2/c1-17(2,3)21-16(20)19-14-6-7-15(19)11-13(10-14)18-9-8-12-4-5-12/h12-15,18H,4-11H2,1-3H3. The topological polar surface area (TPSA) is 41.6 Å². The molecule has 21 heavy (non-hydrogen) atoms. The molecular formula is C17H30N2O2. The van der Waals surface area contributed by atoms with Crippen LogP contribution in [-0.2, 0) is 4.74 Å². The molecule has 1 amide bonds. The quantitative estimate of drug-likeness (QED) is 0.865. The smallest absolute Gasteiger partial charge is 0.410 e. The van der Waals surface area contributed by atoms with E-state index in [-0.39, 0.29) is 6.09 Å². The number of amides is 1. The molecule has 2 unspecified atom stereocenters. The first kappa shape index (κ1) is 15.1. The van der Waals surface area contributed by atoms with Crippen LogP contribution < -0.4 is 5.32 Å². The van der Waals surface area contributed by atoms with E-state index in [1.165, 1.54) is 19.3 Å². The molecule has 1 N–H and O–H groups in total. The zero-order valence-electron chi connectivity index (χ0n) is 13.7. The summed E-state index contributed by atoms with van der Waals surface area (Å²) in [5.74, 6) is 0.996. The summed E-state index contributed by atoms with van der Waals surface area (Å²) >= 11 is 0. The van der Waals surface area contributed by atoms with Gasteiger partial charge in [0, 0.05) is 18.1 Å². The first-order chi connectivity index (χ1) is 9.92. The number of rotatable bonds is 4. The average Bonchev–Trinajstić information content (AvgIpc) is 3.13. The highest BCUT2D eigenvalue weighted by Gasteiger charge is 2.44. The molecule has 3 rings (SSSR count). The second-order valence-corrected chi connectivity index (χ2v) is 8.13. The fourth-order valence-electron chi connectivity index (χ4n) is 3.85. The maximum Gasteiger partial charge on any atom is 0.410 e. The number of fused-ring (bicyclic) bond motifs is 2. The molecular weight excluding hydrogens is 264 g/mol. The van der Waals surface area contributed by atoms with Crippen LogP contribution in [0.15, 0.2) is 0 Å². The van der Waals surface area contributed by atoms with Crippen molar-refractivity contribution < 1.29 is 9.53 Å². The molecule has 1 saturated carbocycles. The van der Waals surface area contributed by atoms with Crippen molar-refractivity contribution in [3.05, 3.63) is 0 Å². The van der Waals surface area contributed by atoms with Gasteiger partial charge in [0.2, 0.25) is 0 Å². The van der Waals surface area contributed by atoms with Gasteiger partial charge in [0.15, 0.2) is 0 Å². The normalized spacial score (nSPS) is 32.3. The van der Waals surface area contributed by atoms with Gasteiger partial charge in [-0.05, 0) is 65.3 Å². The molecule has 120 valence electrons. The Balaban J connectivity index is 1.50. The van der Waals surface area contributed by atoms with Crippen LogP contribution >= 0.6 is 0 Å². The van der Waals surface area contributed by atoms with Crippen LogP contribution in [0.1, 0.15) is 65.7 Å². The van der Waals surface area contributed by atoms with Gasteiger partial charge in [-0.1, -0.05) is 12.8 Å². The maximum atomic E-state index is 12.4. The molecule has 2 saturated heterocycles. The summed E-state index contributed by atoms with van der Waals surface area (Å²) in [6.45, 7) is 6.98. The van der Waals surface area contributed by atoms with E-state index in [0.717, 1.165) is 38.1 Å². The molecule has 0 radical (unpaired) electrons. The molecule has 0 aromatic rings. The third-order valence-corrected chi connectivity index (χ3v) is 5.02. The van der Waals surface area contributed by atoms with E-state index >= 15 is 0 Å². The Morgan fingerprint density at radius 2 is 1.76 bits per heavy atom. The van der Waals surface area contributed by atoms with Gasteiger partial charge < -0.3 is 15.0 Å². The number of carbonyl (C=O) groups is 1. The Labute approximate surface area is 128 Å². The molecule has 2 heterocycles. The molecule has 4 heteroatoms. The number of hydrogen-bond acceptors (Lipinski definition) is 3. The lowest BCUT2D eigenvalue weighted by Crippen LogP contribution is -2.52. The van der Waals surface area contributed by atoms with Crippen molar-refractivity contribution in [3.8, 4) is 0 Å². The number of ether oxygens (including phenoxy) is 1. The fourth-order valence-corrected chi connectivity index (χ4v) is 3.85. The summed E-state index contributed by atoms with van der Waals surface area (Å²) < 4.78 is 5.58. The van der Waals surface area contributed by atoms with Gasteiger partial charge in [-0.2, -0.15) is 0 Å². The molecule has 3 fully saturated rings. The zero-order chi connectivity index (χ0) is 15.0. The molecule has 1 aliphatic carbocycles. The van der Waals surface area contributed by atoms with Crippen LogP contribution in [-0.4, -0.2) is 41.3 Å². The Kier molecular flexibility index (Phi) is 4.17. The number of nitrogens with one attached hydrogen (secondary N) is 1. The second kappa shape index (κ2) is 5.79. The third kappa shape index (κ3) is 3.91. The number of nitrogens with zero attached hydrogens (tertiary/aromatic N) is 1. The van der Waals surface area contributed by atoms with E-state index in [2.05, 4.69) is 5.32 Å². The van der Waals surface area contributed by atoms with Gasteiger partial charge in [-0.15, -0.1) is 0 Å². The van der Waals surface area contributed by atoms with Crippen LogP contribution in [0, 0.1) is 5.92 Å². The second-order valence-electron chi connectivity index (χ2n) is 8.13. The van der Waals surface area contributed by atoms with E-state index in [4.69, 9.17) is 4.74 Å². The van der Waals surface area contributed by atoms with E-state index in [0.29, 0.717) is 18.1 Å². The van der Waals surface area contributed by atoms with Crippen LogP contribution in [0.5, 0.6) is 0 Å². The predicted molar refractivity (Wildman–Crippen MR) is 83.2 cm³/mol. The molecule has 4 nitrogen and oxygen atoms in total. The van der Waals surface area contributed by atoms with Crippen molar-refractivity contribution >= 4 is 6.09 Å². The SMILES string of the molecule is CC(C)(C)OC(=O)N1C2CCC1CC(NCCC1CC1)C2. The minimum Gasteiger partial charge on any atom is -0.444 e. The summed E-state index contributed by atoms with van der Waals surface area (Å²) in [5, 5.41) is 3.72. The number of piperidine rings is 1. The monoisotopic (exact) mass is 294 g/mol. The van der Waals surface area contributed by atoms with Crippen molar-refractivity contribution in [2.75, 3.05) is 6.54 Å². The first-order valence-electron chi connectivity index (χ1n) is 8.67. The van der Waals surface area contributed by atoms with Gasteiger partial charge in [0.25, 0.3) is 0 Å². The van der Waals surface area contributed by atoms with E-state index in [9.17, 15) is 4.79 Å². The van der Waals surface area contributed by atoms with Crippen LogP contribution in [0.25, 0.3) is 0 Å². The van der Waals surface area contributed by atoms with Crippen molar-refractivity contribution in [1.82, 2.24) is 10.2 Å². The predicted octanol–water partition coefficient (Wildman–Crippen LogP) is 3.31. The minimum absolute atomic E-state index is 0.105. The lowest BCUT2D eigenvalue weighted by atomic mass is 9.97. The molecule has 0 aromatic carbocycles. The highest BCUT2D eigenvalue weighted by atomic mass is 16.6. The van der Waals surface area contributed by atoms with E-state index in [1.54, 1.807) is 0 Å². The van der Waals surface area contributed by atoms with Gasteiger partial charge in [0.05, 0.1) is 0 Å². The lowest BCUT2D eigenvalue weighted by Gasteiger charge is -2.39. The number of carbonyl (C=O) groups excluding carboxylic acids is 1. The molecule has 2 bridgehead atoms. The van der Waals surface area contributed by atoms with Crippen molar-refractivity contribution in [2.24, 2.45) is 5.92 Å². The van der Waals surface area contributed by atoms with Crippen molar-refractivity contribution in [3.63, 3.8) is 0 Å². The maximum absolute atomic E-state index is 12.4. The zero-order valence-corrected chi connectivity index (χ0v) is 13.7. The van der Waals surface area contributed by atoms with Crippen molar-refractivity contribution in [1.29, 1.82) is 0 Å². The molecule has 2 atom stereocenters. The van der Waals surface area contributed by atoms with E-state index < -0.39 is 5.60 Å². The molecule has 3 aliphatic rings. The largest absolute Gasteiger partial charge is 0.444 e. The summed E-state index contributed by atoms with van der Waals surface area (Å²) in [6, 6.07) is 1.37. The lowest BCUT2D eigenvalue weighted by molar-refractivity contribution is 0.00474. The third-order valence-electron chi connectivity index (χ3n) is 5.02. The summed E-state index contributed by atoms with van der Waals surface area (Å²) in [5.41, 5.74) is -0.393. The molecule has 2 aliphatic heterocycles. The Bertz CT molecular complexity index is 373. The highest BCUT2D eigenvalue weighted by Crippen LogP contribution is 2.37. The fraction of sp³-hybridized carbons (Fsp3) is 0.941. The summed E-state index contributed by atoms with van der Waals surface area (Å²) in [4.78, 5) is 14.4. The number of hydrogen-bond donors (Lipinski definition) is 1.